The Balaban J connectivity index is 1.50. The molecule has 0 radical (unpaired) electrons. The molecule has 2 aliphatic rings. The molecule has 2 heterocycles. The van der Waals surface area contributed by atoms with Crippen LogP contribution in [0.25, 0.3) is 27.7 Å². The number of nitro benzene ring substituents is 1. The van der Waals surface area contributed by atoms with Gasteiger partial charge in [0, 0.05) is 34.6 Å². The molecule has 0 spiro atoms. The zero-order chi connectivity index (χ0) is 20.9. The van der Waals surface area contributed by atoms with Crippen molar-refractivity contribution in [2.45, 2.75) is 31.2 Å². The smallest absolute Gasteiger partial charge is 0.272 e. The third-order valence-electron chi connectivity index (χ3n) is 6.16. The van der Waals surface area contributed by atoms with E-state index < -0.39 is 10.8 Å². The summed E-state index contributed by atoms with van der Waals surface area (Å²) in [6.07, 6.45) is 4.59. The Bertz CT molecular complexity index is 1140. The fourth-order valence-electron chi connectivity index (χ4n) is 4.63. The summed E-state index contributed by atoms with van der Waals surface area (Å²) in [7, 11) is 0. The number of H-pyrrole nitrogens is 1. The first-order valence-corrected chi connectivity index (χ1v) is 10.1. The quantitative estimate of drug-likeness (QED) is 0.449. The van der Waals surface area contributed by atoms with E-state index >= 15 is 0 Å². The number of aromatic amines is 1. The number of nitrogens with one attached hydrogen (secondary N) is 1. The first kappa shape index (κ1) is 18.9. The lowest BCUT2D eigenvalue weighted by Crippen LogP contribution is -2.60. The second kappa shape index (κ2) is 7.02. The number of fused-ring (bicyclic) bond motifs is 1. The van der Waals surface area contributed by atoms with Crippen LogP contribution in [-0.4, -0.2) is 39.9 Å². The molecule has 1 aromatic heterocycles. The number of nitrogens with zero attached hydrogens (tertiary/aromatic N) is 2. The maximum absolute atomic E-state index is 13.2. The number of hydrogen-bond donors (Lipinski definition) is 1. The summed E-state index contributed by atoms with van der Waals surface area (Å²) in [5.74, 6) is -2.54. The van der Waals surface area contributed by atoms with Crippen molar-refractivity contribution in [1.29, 1.82) is 0 Å². The van der Waals surface area contributed by atoms with Gasteiger partial charge in [0.2, 0.25) is 0 Å². The number of hydrogen-bond acceptors (Lipinski definition) is 3. The van der Waals surface area contributed by atoms with Crippen LogP contribution < -0.4 is 0 Å². The molecule has 30 heavy (non-hydrogen) atoms. The van der Waals surface area contributed by atoms with Gasteiger partial charge in [0.25, 0.3) is 11.6 Å². The standard InChI is InChI=1S/C23H21F2N3O2/c24-23(25)13-27(14-23)17-9-5-15(6-10-17)21-19-3-1-2-4-20(19)26-22(21)16-7-11-18(12-8-16)28(29)30/h1-5,7-8,11-12,17,26H,6,9-10,13-14H2. The molecule has 3 aromatic rings. The number of allylic oxidation sites excluding steroid dienone is 1. The van der Waals surface area contributed by atoms with E-state index in [1.54, 1.807) is 12.1 Å². The molecule has 0 amide bonds. The molecule has 5 rings (SSSR count). The van der Waals surface area contributed by atoms with Gasteiger partial charge in [0.05, 0.1) is 23.7 Å². The molecule has 1 unspecified atom stereocenters. The summed E-state index contributed by atoms with van der Waals surface area (Å²) in [5.41, 5.74) is 5.19. The number of halogens is 2. The lowest BCUT2D eigenvalue weighted by molar-refractivity contribution is -0.384. The van der Waals surface area contributed by atoms with Crippen LogP contribution in [-0.2, 0) is 0 Å². The summed E-state index contributed by atoms with van der Waals surface area (Å²) in [4.78, 5) is 15.9. The normalized spacial score (nSPS) is 21.3. The van der Waals surface area contributed by atoms with E-state index in [0.29, 0.717) is 0 Å². The predicted molar refractivity (Wildman–Crippen MR) is 113 cm³/mol. The molecule has 154 valence electrons. The molecule has 0 saturated carbocycles. The van der Waals surface area contributed by atoms with Crippen molar-refractivity contribution in [3.8, 4) is 11.3 Å². The molecule has 7 heteroatoms. The van der Waals surface area contributed by atoms with Gasteiger partial charge in [-0.05, 0) is 48.6 Å². The van der Waals surface area contributed by atoms with Gasteiger partial charge >= 0.3 is 0 Å². The second-order valence-electron chi connectivity index (χ2n) is 8.14. The monoisotopic (exact) mass is 409 g/mol. The van der Waals surface area contributed by atoms with Crippen LogP contribution >= 0.6 is 0 Å². The van der Waals surface area contributed by atoms with E-state index in [2.05, 4.69) is 17.1 Å². The SMILES string of the molecule is O=[N+]([O-])c1ccc(-c2[nH]c3ccccc3c2C2=CCC(N3CC(F)(F)C3)CC2)cc1. The van der Waals surface area contributed by atoms with Crippen molar-refractivity contribution >= 4 is 22.2 Å². The van der Waals surface area contributed by atoms with Gasteiger partial charge in [0.15, 0.2) is 0 Å². The average molecular weight is 409 g/mol. The number of likely N-dealkylation sites (tertiary alicyclic amines) is 1. The van der Waals surface area contributed by atoms with Gasteiger partial charge in [0.1, 0.15) is 0 Å². The summed E-state index contributed by atoms with van der Waals surface area (Å²) >= 11 is 0. The lowest BCUT2D eigenvalue weighted by Gasteiger charge is -2.44. The molecule has 1 fully saturated rings. The van der Waals surface area contributed by atoms with Crippen LogP contribution in [0.3, 0.4) is 0 Å². The molecule has 1 atom stereocenters. The number of aromatic nitrogens is 1. The van der Waals surface area contributed by atoms with Crippen molar-refractivity contribution in [2.24, 2.45) is 0 Å². The van der Waals surface area contributed by atoms with Crippen molar-refractivity contribution in [1.82, 2.24) is 9.88 Å². The molecular weight excluding hydrogens is 388 g/mol. The fraction of sp³-hybridized carbons (Fsp3) is 0.304. The molecule has 1 N–H and O–H groups in total. The van der Waals surface area contributed by atoms with E-state index in [0.717, 1.165) is 47.0 Å². The zero-order valence-electron chi connectivity index (χ0n) is 16.3. The molecule has 2 aromatic carbocycles. The third-order valence-corrected chi connectivity index (χ3v) is 6.16. The summed E-state index contributed by atoms with van der Waals surface area (Å²) in [5, 5.41) is 12.1. The van der Waals surface area contributed by atoms with Crippen LogP contribution in [0.5, 0.6) is 0 Å². The highest BCUT2D eigenvalue weighted by Gasteiger charge is 2.46. The zero-order valence-corrected chi connectivity index (χ0v) is 16.3. The topological polar surface area (TPSA) is 62.2 Å². The second-order valence-corrected chi connectivity index (χ2v) is 8.14. The van der Waals surface area contributed by atoms with Crippen LogP contribution in [0.4, 0.5) is 14.5 Å². The maximum atomic E-state index is 13.2. The molecule has 5 nitrogen and oxygen atoms in total. The predicted octanol–water partition coefficient (Wildman–Crippen LogP) is 5.63. The van der Waals surface area contributed by atoms with Crippen LogP contribution in [0.1, 0.15) is 24.8 Å². The maximum Gasteiger partial charge on any atom is 0.272 e. The number of non-ortho nitro benzene ring substituents is 1. The van der Waals surface area contributed by atoms with Crippen molar-refractivity contribution < 1.29 is 13.7 Å². The first-order chi connectivity index (χ1) is 14.4. The minimum absolute atomic E-state index is 0.0579. The number of benzene rings is 2. The van der Waals surface area contributed by atoms with E-state index in [9.17, 15) is 18.9 Å². The Morgan fingerprint density at radius 2 is 1.83 bits per heavy atom. The van der Waals surface area contributed by atoms with Gasteiger partial charge < -0.3 is 4.98 Å². The number of alkyl halides is 2. The minimum Gasteiger partial charge on any atom is -0.354 e. The van der Waals surface area contributed by atoms with Gasteiger partial charge in [-0.15, -0.1) is 0 Å². The summed E-state index contributed by atoms with van der Waals surface area (Å²) < 4.78 is 26.5. The van der Waals surface area contributed by atoms with Crippen LogP contribution in [0.15, 0.2) is 54.6 Å². The molecule has 1 saturated heterocycles. The van der Waals surface area contributed by atoms with Gasteiger partial charge in [-0.3, -0.25) is 15.0 Å². The largest absolute Gasteiger partial charge is 0.354 e. The van der Waals surface area contributed by atoms with Crippen molar-refractivity contribution in [3.05, 3.63) is 70.3 Å². The summed E-state index contributed by atoms with van der Waals surface area (Å²) in [6.45, 7) is -0.274. The lowest BCUT2D eigenvalue weighted by atomic mass is 9.86. The molecule has 1 aliphatic carbocycles. The Hall–Kier alpha value is -3.06. The van der Waals surface area contributed by atoms with Crippen molar-refractivity contribution in [3.63, 3.8) is 0 Å². The number of para-hydroxylation sites is 1. The van der Waals surface area contributed by atoms with Gasteiger partial charge in [-0.1, -0.05) is 24.3 Å². The average Bonchev–Trinajstić information content (AvgIpc) is 3.12. The Labute approximate surface area is 172 Å². The van der Waals surface area contributed by atoms with Gasteiger partial charge in [-0.2, -0.15) is 0 Å². The highest BCUT2D eigenvalue weighted by atomic mass is 19.3. The van der Waals surface area contributed by atoms with E-state index in [1.807, 2.05) is 23.1 Å². The Morgan fingerprint density at radius 3 is 2.47 bits per heavy atom. The Morgan fingerprint density at radius 1 is 1.10 bits per heavy atom. The Kier molecular flexibility index (Phi) is 4.43. The van der Waals surface area contributed by atoms with E-state index in [1.165, 1.54) is 17.7 Å². The van der Waals surface area contributed by atoms with Crippen LogP contribution in [0.2, 0.25) is 0 Å². The molecule has 0 bridgehead atoms. The van der Waals surface area contributed by atoms with E-state index in [-0.39, 0.29) is 24.8 Å². The summed E-state index contributed by atoms with van der Waals surface area (Å²) in [6, 6.07) is 14.8. The third kappa shape index (κ3) is 3.29. The molecule has 1 aliphatic heterocycles. The highest BCUT2D eigenvalue weighted by molar-refractivity contribution is 6.00. The van der Waals surface area contributed by atoms with Crippen molar-refractivity contribution in [2.75, 3.05) is 13.1 Å². The number of rotatable bonds is 4. The fourth-order valence-corrected chi connectivity index (χ4v) is 4.63. The number of nitro groups is 1. The molecular formula is C23H21F2N3O2. The van der Waals surface area contributed by atoms with Crippen LogP contribution in [0, 0.1) is 10.1 Å². The van der Waals surface area contributed by atoms with E-state index in [4.69, 9.17) is 0 Å². The first-order valence-electron chi connectivity index (χ1n) is 10.1. The highest BCUT2D eigenvalue weighted by Crippen LogP contribution is 2.41. The van der Waals surface area contributed by atoms with Gasteiger partial charge in [-0.25, -0.2) is 8.78 Å². The minimum atomic E-state index is -2.54.